The normalized spacial score (nSPS) is 20.8. The first-order chi connectivity index (χ1) is 10.0. The summed E-state index contributed by atoms with van der Waals surface area (Å²) >= 11 is 0. The zero-order chi connectivity index (χ0) is 15.1. The van der Waals surface area contributed by atoms with Crippen molar-refractivity contribution in [3.8, 4) is 0 Å². The van der Waals surface area contributed by atoms with E-state index in [9.17, 15) is 9.90 Å². The predicted molar refractivity (Wildman–Crippen MR) is 75.8 cm³/mol. The summed E-state index contributed by atoms with van der Waals surface area (Å²) in [6, 6.07) is 5.40. The van der Waals surface area contributed by atoms with Crippen molar-refractivity contribution in [1.29, 1.82) is 0 Å². The van der Waals surface area contributed by atoms with Gasteiger partial charge in [-0.2, -0.15) is 0 Å². The van der Waals surface area contributed by atoms with Crippen molar-refractivity contribution >= 4 is 17.6 Å². The van der Waals surface area contributed by atoms with Crippen LogP contribution in [-0.2, 0) is 4.79 Å². The van der Waals surface area contributed by atoms with Gasteiger partial charge < -0.3 is 5.11 Å². The second-order valence-corrected chi connectivity index (χ2v) is 5.24. The Labute approximate surface area is 121 Å². The number of benzene rings is 1. The highest BCUT2D eigenvalue weighted by Gasteiger charge is 2.40. The standard InChI is InChI=1S/C14H15N5O2/c1-7-5-4-6-8(2)10(7)12-11(13(20)21)9(3)15-14-16-17-18-19(12)14/h4-6,11-12H,1-3H3,(H,20,21). The van der Waals surface area contributed by atoms with Crippen LogP contribution < -0.4 is 0 Å². The number of hydrogen-bond donors (Lipinski definition) is 1. The number of carboxylic acids is 1. The molecule has 0 saturated heterocycles. The van der Waals surface area contributed by atoms with Crippen LogP contribution in [0.15, 0.2) is 23.2 Å². The molecule has 2 atom stereocenters. The van der Waals surface area contributed by atoms with Crippen molar-refractivity contribution in [2.45, 2.75) is 26.8 Å². The quantitative estimate of drug-likeness (QED) is 0.906. The van der Waals surface area contributed by atoms with E-state index in [2.05, 4.69) is 20.5 Å². The Morgan fingerprint density at radius 1 is 1.24 bits per heavy atom. The van der Waals surface area contributed by atoms with Crippen molar-refractivity contribution in [2.75, 3.05) is 0 Å². The average Bonchev–Trinajstić information content (AvgIpc) is 2.85. The highest BCUT2D eigenvalue weighted by Crippen LogP contribution is 2.37. The average molecular weight is 285 g/mol. The molecule has 0 saturated carbocycles. The van der Waals surface area contributed by atoms with E-state index >= 15 is 0 Å². The molecule has 7 nitrogen and oxygen atoms in total. The Morgan fingerprint density at radius 2 is 1.90 bits per heavy atom. The van der Waals surface area contributed by atoms with E-state index in [0.29, 0.717) is 11.7 Å². The number of aryl methyl sites for hydroxylation is 2. The molecule has 0 spiro atoms. The Balaban J connectivity index is 2.27. The van der Waals surface area contributed by atoms with Crippen molar-refractivity contribution in [3.63, 3.8) is 0 Å². The molecule has 1 aliphatic rings. The molecule has 0 bridgehead atoms. The zero-order valence-corrected chi connectivity index (χ0v) is 12.0. The molecule has 3 rings (SSSR count). The van der Waals surface area contributed by atoms with Gasteiger partial charge in [0, 0.05) is 5.71 Å². The molecule has 2 unspecified atom stereocenters. The predicted octanol–water partition coefficient (Wildman–Crippen LogP) is 1.69. The minimum absolute atomic E-state index is 0.345. The fraction of sp³-hybridized carbons (Fsp3) is 0.357. The van der Waals surface area contributed by atoms with Crippen LogP contribution in [0.5, 0.6) is 0 Å². The smallest absolute Gasteiger partial charge is 0.314 e. The van der Waals surface area contributed by atoms with E-state index in [-0.39, 0.29) is 0 Å². The maximum absolute atomic E-state index is 11.7. The number of carbonyl (C=O) groups is 1. The first kappa shape index (κ1) is 13.4. The summed E-state index contributed by atoms with van der Waals surface area (Å²) in [6.07, 6.45) is 0. The zero-order valence-electron chi connectivity index (χ0n) is 12.0. The number of nitrogens with zero attached hydrogens (tertiary/aromatic N) is 5. The number of aliphatic carboxylic acids is 1. The third-order valence-corrected chi connectivity index (χ3v) is 3.89. The number of hydrogen-bond acceptors (Lipinski definition) is 5. The lowest BCUT2D eigenvalue weighted by atomic mass is 9.84. The molecule has 7 heteroatoms. The van der Waals surface area contributed by atoms with Crippen LogP contribution in [0.25, 0.3) is 0 Å². The Kier molecular flexibility index (Phi) is 3.04. The Bertz CT molecular complexity index is 729. The van der Waals surface area contributed by atoms with E-state index in [1.165, 1.54) is 4.68 Å². The summed E-state index contributed by atoms with van der Waals surface area (Å²) in [5, 5.41) is 21.1. The number of aromatic nitrogens is 4. The summed E-state index contributed by atoms with van der Waals surface area (Å²) in [6.45, 7) is 5.64. The topological polar surface area (TPSA) is 93.3 Å². The molecule has 1 N–H and O–H groups in total. The van der Waals surface area contributed by atoms with E-state index in [0.717, 1.165) is 16.7 Å². The highest BCUT2D eigenvalue weighted by molar-refractivity contribution is 6.02. The van der Waals surface area contributed by atoms with Crippen LogP contribution in [0, 0.1) is 19.8 Å². The van der Waals surface area contributed by atoms with Gasteiger partial charge in [0.05, 0.1) is 0 Å². The van der Waals surface area contributed by atoms with Crippen molar-refractivity contribution < 1.29 is 9.90 Å². The van der Waals surface area contributed by atoms with Gasteiger partial charge >= 0.3 is 5.97 Å². The van der Waals surface area contributed by atoms with Gasteiger partial charge in [-0.15, -0.1) is 0 Å². The summed E-state index contributed by atoms with van der Waals surface area (Å²) in [5.74, 6) is -1.36. The van der Waals surface area contributed by atoms with E-state index in [4.69, 9.17) is 0 Å². The van der Waals surface area contributed by atoms with Gasteiger partial charge in [-0.05, 0) is 47.9 Å². The monoisotopic (exact) mass is 285 g/mol. The Hall–Kier alpha value is -2.57. The molecule has 1 aliphatic heterocycles. The van der Waals surface area contributed by atoms with Gasteiger partial charge in [-0.1, -0.05) is 23.3 Å². The number of carboxylic acid groups (broad SMARTS) is 1. The van der Waals surface area contributed by atoms with Gasteiger partial charge in [-0.25, -0.2) is 9.67 Å². The molecule has 2 heterocycles. The van der Waals surface area contributed by atoms with Crippen LogP contribution >= 0.6 is 0 Å². The second kappa shape index (κ2) is 4.76. The van der Waals surface area contributed by atoms with Gasteiger partial charge in [0.2, 0.25) is 0 Å². The lowest BCUT2D eigenvalue weighted by Gasteiger charge is -2.29. The molecule has 108 valence electrons. The molecular formula is C14H15N5O2. The van der Waals surface area contributed by atoms with E-state index < -0.39 is 17.9 Å². The molecule has 0 fully saturated rings. The molecule has 0 radical (unpaired) electrons. The summed E-state index contributed by atoms with van der Waals surface area (Å²) in [5.41, 5.74) is 3.48. The van der Waals surface area contributed by atoms with Crippen LogP contribution in [0.1, 0.15) is 29.7 Å². The fourth-order valence-corrected chi connectivity index (χ4v) is 2.94. The lowest BCUT2D eigenvalue weighted by Crippen LogP contribution is -2.36. The minimum Gasteiger partial charge on any atom is -0.481 e. The molecule has 1 aromatic carbocycles. The van der Waals surface area contributed by atoms with Crippen LogP contribution in [0.2, 0.25) is 0 Å². The number of rotatable bonds is 2. The maximum Gasteiger partial charge on any atom is 0.314 e. The van der Waals surface area contributed by atoms with Crippen LogP contribution in [0.3, 0.4) is 0 Å². The summed E-state index contributed by atoms with van der Waals surface area (Å²) in [7, 11) is 0. The van der Waals surface area contributed by atoms with Crippen LogP contribution in [-0.4, -0.2) is 37.0 Å². The molecule has 0 aliphatic carbocycles. The Morgan fingerprint density at radius 3 is 2.52 bits per heavy atom. The van der Waals surface area contributed by atoms with Crippen LogP contribution in [0.4, 0.5) is 5.95 Å². The van der Waals surface area contributed by atoms with Gasteiger partial charge in [0.25, 0.3) is 5.95 Å². The largest absolute Gasteiger partial charge is 0.481 e. The highest BCUT2D eigenvalue weighted by atomic mass is 16.4. The maximum atomic E-state index is 11.7. The second-order valence-electron chi connectivity index (χ2n) is 5.24. The van der Waals surface area contributed by atoms with Gasteiger partial charge in [0.15, 0.2) is 0 Å². The first-order valence-corrected chi connectivity index (χ1v) is 6.62. The fourth-order valence-electron chi connectivity index (χ4n) is 2.94. The van der Waals surface area contributed by atoms with Crippen molar-refractivity contribution in [1.82, 2.24) is 20.2 Å². The molecule has 2 aromatic rings. The van der Waals surface area contributed by atoms with E-state index in [1.807, 2.05) is 32.0 Å². The third kappa shape index (κ3) is 2.01. The molecule has 0 amide bonds. The minimum atomic E-state index is -0.926. The van der Waals surface area contributed by atoms with E-state index in [1.54, 1.807) is 6.92 Å². The van der Waals surface area contributed by atoms with Gasteiger partial charge in [0.1, 0.15) is 12.0 Å². The molecule has 1 aromatic heterocycles. The van der Waals surface area contributed by atoms with Crippen molar-refractivity contribution in [3.05, 3.63) is 34.9 Å². The third-order valence-electron chi connectivity index (χ3n) is 3.89. The molecular weight excluding hydrogens is 270 g/mol. The van der Waals surface area contributed by atoms with Gasteiger partial charge in [-0.3, -0.25) is 4.79 Å². The molecule has 21 heavy (non-hydrogen) atoms. The number of fused-ring (bicyclic) bond motifs is 1. The summed E-state index contributed by atoms with van der Waals surface area (Å²) in [4.78, 5) is 15.9. The summed E-state index contributed by atoms with van der Waals surface area (Å²) < 4.78 is 1.50. The van der Waals surface area contributed by atoms with Crippen molar-refractivity contribution in [2.24, 2.45) is 10.9 Å². The lowest BCUT2D eigenvalue weighted by molar-refractivity contribution is -0.140. The SMILES string of the molecule is CC1=Nc2nnnn2C(c2c(C)cccc2C)C1C(=O)O. The number of tetrazole rings is 1. The number of aliphatic imine (C=N–C) groups is 1. The first-order valence-electron chi connectivity index (χ1n) is 6.62.